The summed E-state index contributed by atoms with van der Waals surface area (Å²) in [6.07, 6.45) is 3.03. The molecule has 2 N–H and O–H groups in total. The minimum atomic E-state index is 0.122. The number of hydrogen-bond acceptors (Lipinski definition) is 3. The first kappa shape index (κ1) is 18.3. The first-order valence-corrected chi connectivity index (χ1v) is 8.20. The lowest BCUT2D eigenvalue weighted by Gasteiger charge is -2.33. The molecule has 0 fully saturated rings. The van der Waals surface area contributed by atoms with Gasteiger partial charge in [0.1, 0.15) is 0 Å². The Hall–Kier alpha value is -0.770. The molecule has 0 aromatic heterocycles. The summed E-state index contributed by atoms with van der Waals surface area (Å²) < 4.78 is 5.25. The number of ether oxygens (including phenoxy) is 1. The average molecular weight is 313 g/mol. The fraction of sp³-hybridized carbons (Fsp3) is 0.647. The van der Waals surface area contributed by atoms with E-state index >= 15 is 0 Å². The molecule has 0 saturated carbocycles. The Kier molecular flexibility index (Phi) is 8.09. The summed E-state index contributed by atoms with van der Waals surface area (Å²) in [5, 5.41) is 0.804. The van der Waals surface area contributed by atoms with Crippen molar-refractivity contribution in [3.05, 3.63) is 28.8 Å². The highest BCUT2D eigenvalue weighted by Crippen LogP contribution is 2.27. The molecule has 21 heavy (non-hydrogen) atoms. The van der Waals surface area contributed by atoms with Crippen molar-refractivity contribution in [1.82, 2.24) is 0 Å². The molecule has 0 amide bonds. The lowest BCUT2D eigenvalue weighted by molar-refractivity contribution is 0.202. The molecule has 0 aliphatic rings. The highest BCUT2D eigenvalue weighted by atomic mass is 35.5. The van der Waals surface area contributed by atoms with E-state index in [2.05, 4.69) is 36.9 Å². The molecule has 120 valence electrons. The standard InChI is InChI=1S/C17H29ClN2O/c1-5-15(6-2)20(9-10-21-4)16-8-7-14(11-13(3)19)17(18)12-16/h7-8,12-13,15H,5-6,9-11,19H2,1-4H3. The maximum atomic E-state index is 6.43. The van der Waals surface area contributed by atoms with Crippen molar-refractivity contribution in [3.8, 4) is 0 Å². The molecule has 0 heterocycles. The van der Waals surface area contributed by atoms with Crippen LogP contribution in [0.1, 0.15) is 39.2 Å². The molecule has 0 saturated heterocycles. The van der Waals surface area contributed by atoms with Crippen LogP contribution in [0, 0.1) is 0 Å². The second-order valence-electron chi connectivity index (χ2n) is 5.61. The molecule has 1 unspecified atom stereocenters. The zero-order chi connectivity index (χ0) is 15.8. The Morgan fingerprint density at radius 3 is 2.43 bits per heavy atom. The van der Waals surface area contributed by atoms with Crippen molar-refractivity contribution in [2.75, 3.05) is 25.2 Å². The first-order chi connectivity index (χ1) is 10.0. The van der Waals surface area contributed by atoms with E-state index < -0.39 is 0 Å². The Labute approximate surface area is 134 Å². The van der Waals surface area contributed by atoms with Gasteiger partial charge in [0, 0.05) is 36.4 Å². The molecule has 1 atom stereocenters. The fourth-order valence-electron chi connectivity index (χ4n) is 2.67. The van der Waals surface area contributed by atoms with E-state index in [9.17, 15) is 0 Å². The van der Waals surface area contributed by atoms with Crippen molar-refractivity contribution in [1.29, 1.82) is 0 Å². The molecule has 4 heteroatoms. The Morgan fingerprint density at radius 2 is 1.95 bits per heavy atom. The SMILES string of the molecule is CCC(CC)N(CCOC)c1ccc(CC(C)N)c(Cl)c1. The molecule has 0 bridgehead atoms. The van der Waals surface area contributed by atoms with E-state index in [1.165, 1.54) is 5.69 Å². The van der Waals surface area contributed by atoms with Crippen LogP contribution >= 0.6 is 11.6 Å². The molecule has 3 nitrogen and oxygen atoms in total. The van der Waals surface area contributed by atoms with E-state index in [0.29, 0.717) is 6.04 Å². The molecule has 0 aliphatic carbocycles. The summed E-state index contributed by atoms with van der Waals surface area (Å²) in [5.41, 5.74) is 8.15. The summed E-state index contributed by atoms with van der Waals surface area (Å²) in [7, 11) is 1.74. The smallest absolute Gasteiger partial charge is 0.0637 e. The van der Waals surface area contributed by atoms with E-state index in [1.807, 2.05) is 6.92 Å². The van der Waals surface area contributed by atoms with Gasteiger partial charge in [-0.3, -0.25) is 0 Å². The van der Waals surface area contributed by atoms with Gasteiger partial charge in [-0.15, -0.1) is 0 Å². The van der Waals surface area contributed by atoms with Gasteiger partial charge in [-0.25, -0.2) is 0 Å². The van der Waals surface area contributed by atoms with E-state index in [4.69, 9.17) is 22.1 Å². The second-order valence-corrected chi connectivity index (χ2v) is 6.02. The van der Waals surface area contributed by atoms with Gasteiger partial charge in [-0.1, -0.05) is 31.5 Å². The highest BCUT2D eigenvalue weighted by molar-refractivity contribution is 6.31. The van der Waals surface area contributed by atoms with Crippen molar-refractivity contribution < 1.29 is 4.74 Å². The normalized spacial score (nSPS) is 12.7. The molecule has 0 radical (unpaired) electrons. The number of nitrogens with two attached hydrogens (primary N) is 1. The van der Waals surface area contributed by atoms with Crippen molar-refractivity contribution >= 4 is 17.3 Å². The molecule has 0 spiro atoms. The average Bonchev–Trinajstić information content (AvgIpc) is 2.45. The van der Waals surface area contributed by atoms with Gasteiger partial charge in [0.2, 0.25) is 0 Å². The third kappa shape index (κ3) is 5.50. The maximum absolute atomic E-state index is 6.43. The zero-order valence-corrected chi connectivity index (χ0v) is 14.5. The first-order valence-electron chi connectivity index (χ1n) is 7.83. The molecule has 1 aromatic rings. The van der Waals surface area contributed by atoms with Gasteiger partial charge < -0.3 is 15.4 Å². The van der Waals surface area contributed by atoms with Crippen LogP contribution in [0.5, 0.6) is 0 Å². The number of hydrogen-bond donors (Lipinski definition) is 1. The molecule has 1 rings (SSSR count). The summed E-state index contributed by atoms with van der Waals surface area (Å²) in [6.45, 7) is 8.04. The van der Waals surface area contributed by atoms with Gasteiger partial charge in [-0.2, -0.15) is 0 Å². The Balaban J connectivity index is 2.98. The number of rotatable bonds is 9. The predicted molar refractivity (Wildman–Crippen MR) is 92.4 cm³/mol. The van der Waals surface area contributed by atoms with E-state index in [0.717, 1.165) is 43.0 Å². The van der Waals surface area contributed by atoms with Gasteiger partial charge in [-0.05, 0) is 43.9 Å². The van der Waals surface area contributed by atoms with Crippen molar-refractivity contribution in [3.63, 3.8) is 0 Å². The number of benzene rings is 1. The van der Waals surface area contributed by atoms with Crippen LogP contribution in [0.4, 0.5) is 5.69 Å². The summed E-state index contributed by atoms with van der Waals surface area (Å²) in [4.78, 5) is 2.39. The fourth-order valence-corrected chi connectivity index (χ4v) is 2.92. The third-order valence-corrected chi connectivity index (χ3v) is 4.18. The number of nitrogens with zero attached hydrogens (tertiary/aromatic N) is 1. The summed E-state index contributed by atoms with van der Waals surface area (Å²) in [6, 6.07) is 6.95. The Morgan fingerprint density at radius 1 is 1.29 bits per heavy atom. The predicted octanol–water partition coefficient (Wildman–Crippen LogP) is 3.87. The number of halogens is 1. The molecule has 0 aliphatic heterocycles. The molecule has 1 aromatic carbocycles. The third-order valence-electron chi connectivity index (χ3n) is 3.83. The van der Waals surface area contributed by atoms with Crippen molar-refractivity contribution in [2.24, 2.45) is 5.73 Å². The van der Waals surface area contributed by atoms with Crippen LogP contribution in [-0.2, 0) is 11.2 Å². The zero-order valence-electron chi connectivity index (χ0n) is 13.7. The minimum Gasteiger partial charge on any atom is -0.383 e. The van der Waals surface area contributed by atoms with Crippen LogP contribution in [0.25, 0.3) is 0 Å². The van der Waals surface area contributed by atoms with E-state index in [1.54, 1.807) is 7.11 Å². The molecular formula is C17H29ClN2O. The van der Waals surface area contributed by atoms with Crippen LogP contribution in [-0.4, -0.2) is 32.3 Å². The number of anilines is 1. The van der Waals surface area contributed by atoms with Gasteiger partial charge in [0.25, 0.3) is 0 Å². The largest absolute Gasteiger partial charge is 0.383 e. The number of methoxy groups -OCH3 is 1. The summed E-state index contributed by atoms with van der Waals surface area (Å²) in [5.74, 6) is 0. The minimum absolute atomic E-state index is 0.122. The molecular weight excluding hydrogens is 284 g/mol. The topological polar surface area (TPSA) is 38.5 Å². The lowest BCUT2D eigenvalue weighted by Crippen LogP contribution is -2.37. The lowest BCUT2D eigenvalue weighted by atomic mass is 10.0. The second kappa shape index (κ2) is 9.29. The Bertz CT molecular complexity index is 419. The van der Waals surface area contributed by atoms with Crippen LogP contribution in [0.2, 0.25) is 5.02 Å². The van der Waals surface area contributed by atoms with Crippen LogP contribution < -0.4 is 10.6 Å². The van der Waals surface area contributed by atoms with Gasteiger partial charge in [0.05, 0.1) is 6.61 Å². The van der Waals surface area contributed by atoms with E-state index in [-0.39, 0.29) is 6.04 Å². The van der Waals surface area contributed by atoms with Crippen LogP contribution in [0.15, 0.2) is 18.2 Å². The van der Waals surface area contributed by atoms with Crippen molar-refractivity contribution in [2.45, 2.75) is 52.1 Å². The monoisotopic (exact) mass is 312 g/mol. The van der Waals surface area contributed by atoms with Crippen LogP contribution in [0.3, 0.4) is 0 Å². The highest BCUT2D eigenvalue weighted by Gasteiger charge is 2.16. The van der Waals surface area contributed by atoms with Gasteiger partial charge >= 0.3 is 0 Å². The quantitative estimate of drug-likeness (QED) is 0.752. The maximum Gasteiger partial charge on any atom is 0.0637 e. The summed E-state index contributed by atoms with van der Waals surface area (Å²) >= 11 is 6.43. The van der Waals surface area contributed by atoms with Gasteiger partial charge in [0.15, 0.2) is 0 Å².